The lowest BCUT2D eigenvalue weighted by Gasteiger charge is -2.23. The van der Waals surface area contributed by atoms with Gasteiger partial charge in [0.1, 0.15) is 12.4 Å². The molecular weight excluding hydrogens is 261 g/mol. The molecule has 1 aromatic rings. The van der Waals surface area contributed by atoms with Crippen LogP contribution in [-0.4, -0.2) is 40.0 Å². The van der Waals surface area contributed by atoms with Crippen molar-refractivity contribution < 1.29 is 18.0 Å². The third-order valence-electron chi connectivity index (χ3n) is 2.43. The summed E-state index contributed by atoms with van der Waals surface area (Å²) in [6.45, 7) is 3.91. The number of alkyl halides is 3. The quantitative estimate of drug-likeness (QED) is 0.920. The molecule has 0 aromatic carbocycles. The van der Waals surface area contributed by atoms with Crippen LogP contribution in [0.2, 0.25) is 0 Å². The average Bonchev–Trinajstić information content (AvgIpc) is 2.72. The zero-order valence-electron chi connectivity index (χ0n) is 11.0. The Balaban J connectivity index is 2.74. The maximum atomic E-state index is 12.3. The van der Waals surface area contributed by atoms with E-state index in [1.54, 1.807) is 6.07 Å². The first-order chi connectivity index (χ1) is 8.74. The molecule has 0 radical (unpaired) electrons. The van der Waals surface area contributed by atoms with E-state index in [0.717, 1.165) is 0 Å². The van der Waals surface area contributed by atoms with Crippen LogP contribution in [0.5, 0.6) is 0 Å². The van der Waals surface area contributed by atoms with Crippen LogP contribution in [0.3, 0.4) is 0 Å². The molecule has 0 aliphatic rings. The van der Waals surface area contributed by atoms with Gasteiger partial charge in [-0.1, -0.05) is 0 Å². The van der Waals surface area contributed by atoms with Crippen molar-refractivity contribution in [2.75, 3.05) is 18.4 Å². The molecule has 8 heteroatoms. The highest BCUT2D eigenvalue weighted by Gasteiger charge is 2.32. The van der Waals surface area contributed by atoms with Crippen LogP contribution < -0.4 is 5.32 Å². The molecule has 1 rings (SSSR count). The molecule has 0 spiro atoms. The summed E-state index contributed by atoms with van der Waals surface area (Å²) >= 11 is 0. The maximum absolute atomic E-state index is 12.3. The summed E-state index contributed by atoms with van der Waals surface area (Å²) in [5, 5.41) is 6.42. The fourth-order valence-corrected chi connectivity index (χ4v) is 1.56. The van der Waals surface area contributed by atoms with E-state index < -0.39 is 18.8 Å². The lowest BCUT2D eigenvalue weighted by Crippen LogP contribution is -2.41. The van der Waals surface area contributed by atoms with Crippen molar-refractivity contribution in [2.45, 2.75) is 33.0 Å². The molecule has 0 aliphatic heterocycles. The third-order valence-corrected chi connectivity index (χ3v) is 2.43. The summed E-state index contributed by atoms with van der Waals surface area (Å²) in [5.41, 5.74) is 0. The maximum Gasteiger partial charge on any atom is 0.406 e. The van der Waals surface area contributed by atoms with E-state index in [1.165, 1.54) is 17.8 Å². The lowest BCUT2D eigenvalue weighted by molar-refractivity contribution is -0.139. The molecule has 0 saturated carbocycles. The minimum Gasteiger partial charge on any atom is -0.316 e. The molecule has 0 saturated heterocycles. The van der Waals surface area contributed by atoms with Crippen molar-refractivity contribution in [1.29, 1.82) is 0 Å². The topological polar surface area (TPSA) is 50.2 Å². The molecule has 19 heavy (non-hydrogen) atoms. The number of rotatable bonds is 4. The van der Waals surface area contributed by atoms with Gasteiger partial charge in [-0.2, -0.15) is 18.3 Å². The number of anilines is 1. The van der Waals surface area contributed by atoms with E-state index in [2.05, 4.69) is 10.4 Å². The van der Waals surface area contributed by atoms with Crippen LogP contribution in [0.15, 0.2) is 12.3 Å². The molecular formula is C11H17F3N4O. The van der Waals surface area contributed by atoms with E-state index in [-0.39, 0.29) is 12.6 Å². The van der Waals surface area contributed by atoms with Gasteiger partial charge in [0.25, 0.3) is 0 Å². The number of halogens is 3. The van der Waals surface area contributed by atoms with E-state index >= 15 is 0 Å². The van der Waals surface area contributed by atoms with Crippen LogP contribution in [0.1, 0.15) is 26.8 Å². The standard InChI is InChI=1S/C11H17F3N4O/c1-4-17(7-11(12,13)14)10(19)16-9-5-6-15-18(9)8(2)3/h5-6,8H,4,7H2,1-3H3,(H,16,19). The summed E-state index contributed by atoms with van der Waals surface area (Å²) in [4.78, 5) is 12.5. The van der Waals surface area contributed by atoms with Crippen LogP contribution in [0.4, 0.5) is 23.8 Å². The molecule has 0 unspecified atom stereocenters. The third kappa shape index (κ3) is 4.46. The number of amides is 2. The zero-order valence-corrected chi connectivity index (χ0v) is 11.0. The van der Waals surface area contributed by atoms with Gasteiger partial charge in [-0.25, -0.2) is 9.48 Å². The second-order valence-electron chi connectivity index (χ2n) is 4.31. The zero-order chi connectivity index (χ0) is 14.6. The number of aromatic nitrogens is 2. The molecule has 1 heterocycles. The SMILES string of the molecule is CCN(CC(F)(F)F)C(=O)Nc1ccnn1C(C)C. The first-order valence-corrected chi connectivity index (χ1v) is 5.90. The molecule has 0 bridgehead atoms. The average molecular weight is 278 g/mol. The van der Waals surface area contributed by atoms with Gasteiger partial charge in [-0.15, -0.1) is 0 Å². The molecule has 5 nitrogen and oxygen atoms in total. The van der Waals surface area contributed by atoms with Gasteiger partial charge in [0.2, 0.25) is 0 Å². The number of hydrogen-bond acceptors (Lipinski definition) is 2. The van der Waals surface area contributed by atoms with Crippen molar-refractivity contribution in [3.63, 3.8) is 0 Å². The summed E-state index contributed by atoms with van der Waals surface area (Å²) in [6.07, 6.45) is -2.93. The van der Waals surface area contributed by atoms with Crippen molar-refractivity contribution in [3.8, 4) is 0 Å². The van der Waals surface area contributed by atoms with Gasteiger partial charge in [0.15, 0.2) is 0 Å². The summed E-state index contributed by atoms with van der Waals surface area (Å²) in [6, 6.07) is 0.754. The van der Waals surface area contributed by atoms with E-state index in [4.69, 9.17) is 0 Å². The van der Waals surface area contributed by atoms with Crippen molar-refractivity contribution >= 4 is 11.8 Å². The predicted molar refractivity (Wildman–Crippen MR) is 64.9 cm³/mol. The Morgan fingerprint density at radius 1 is 1.53 bits per heavy atom. The molecule has 0 fully saturated rings. The number of carbonyl (C=O) groups excluding carboxylic acids is 1. The van der Waals surface area contributed by atoms with Crippen LogP contribution in [-0.2, 0) is 0 Å². The van der Waals surface area contributed by atoms with E-state index in [0.29, 0.717) is 10.7 Å². The largest absolute Gasteiger partial charge is 0.406 e. The molecule has 108 valence electrons. The molecule has 0 atom stereocenters. The lowest BCUT2D eigenvalue weighted by atomic mass is 10.4. The monoisotopic (exact) mass is 278 g/mol. The first kappa shape index (κ1) is 15.3. The van der Waals surface area contributed by atoms with Crippen LogP contribution in [0, 0.1) is 0 Å². The number of urea groups is 1. The molecule has 2 amide bonds. The highest BCUT2D eigenvalue weighted by molar-refractivity contribution is 5.88. The van der Waals surface area contributed by atoms with Gasteiger partial charge in [0, 0.05) is 18.7 Å². The minimum absolute atomic E-state index is 0.00277. The van der Waals surface area contributed by atoms with Gasteiger partial charge in [-0.3, -0.25) is 5.32 Å². The highest BCUT2D eigenvalue weighted by atomic mass is 19.4. The van der Waals surface area contributed by atoms with Gasteiger partial charge >= 0.3 is 12.2 Å². The summed E-state index contributed by atoms with van der Waals surface area (Å²) in [5.74, 6) is 0.376. The summed E-state index contributed by atoms with van der Waals surface area (Å²) in [7, 11) is 0. The normalized spacial score (nSPS) is 11.7. The molecule has 1 N–H and O–H groups in total. The van der Waals surface area contributed by atoms with Crippen molar-refractivity contribution in [2.24, 2.45) is 0 Å². The Morgan fingerprint density at radius 2 is 2.16 bits per heavy atom. The number of hydrogen-bond donors (Lipinski definition) is 1. The molecule has 1 aromatic heterocycles. The van der Waals surface area contributed by atoms with Gasteiger partial charge in [0.05, 0.1) is 6.20 Å². The van der Waals surface area contributed by atoms with Crippen molar-refractivity contribution in [3.05, 3.63) is 12.3 Å². The van der Waals surface area contributed by atoms with E-state index in [1.807, 2.05) is 13.8 Å². The van der Waals surface area contributed by atoms with Gasteiger partial charge < -0.3 is 4.90 Å². The van der Waals surface area contributed by atoms with E-state index in [9.17, 15) is 18.0 Å². The Labute approximate surface area is 109 Å². The Hall–Kier alpha value is -1.73. The fraction of sp³-hybridized carbons (Fsp3) is 0.636. The second-order valence-corrected chi connectivity index (χ2v) is 4.31. The number of nitrogens with one attached hydrogen (secondary N) is 1. The molecule has 0 aliphatic carbocycles. The van der Waals surface area contributed by atoms with Gasteiger partial charge in [-0.05, 0) is 20.8 Å². The van der Waals surface area contributed by atoms with Crippen LogP contribution >= 0.6 is 0 Å². The fourth-order valence-electron chi connectivity index (χ4n) is 1.56. The Morgan fingerprint density at radius 3 is 2.63 bits per heavy atom. The highest BCUT2D eigenvalue weighted by Crippen LogP contribution is 2.18. The summed E-state index contributed by atoms with van der Waals surface area (Å²) < 4.78 is 38.4. The van der Waals surface area contributed by atoms with Crippen LogP contribution in [0.25, 0.3) is 0 Å². The van der Waals surface area contributed by atoms with Crippen molar-refractivity contribution in [1.82, 2.24) is 14.7 Å². The second kappa shape index (κ2) is 5.94. The Kier molecular flexibility index (Phi) is 4.79. The first-order valence-electron chi connectivity index (χ1n) is 5.90. The predicted octanol–water partition coefficient (Wildman–Crippen LogP) is 2.88. The number of carbonyl (C=O) groups is 1. The number of nitrogens with zero attached hydrogens (tertiary/aromatic N) is 3. The minimum atomic E-state index is -4.41. The smallest absolute Gasteiger partial charge is 0.316 e. The Bertz CT molecular complexity index is 428.